The van der Waals surface area contributed by atoms with Crippen LogP contribution in [0.2, 0.25) is 5.02 Å². The van der Waals surface area contributed by atoms with Gasteiger partial charge in [0.2, 0.25) is 10.9 Å². The normalized spacial score (nSPS) is 10.4. The third-order valence-electron chi connectivity index (χ3n) is 3.52. The maximum absolute atomic E-state index is 12.2. The van der Waals surface area contributed by atoms with Gasteiger partial charge in [0.1, 0.15) is 5.01 Å². The van der Waals surface area contributed by atoms with E-state index in [-0.39, 0.29) is 23.2 Å². The van der Waals surface area contributed by atoms with Crippen molar-refractivity contribution in [3.05, 3.63) is 69.4 Å². The Balaban J connectivity index is 1.47. The van der Waals surface area contributed by atoms with Crippen molar-refractivity contribution in [2.75, 3.05) is 5.32 Å². The summed E-state index contributed by atoms with van der Waals surface area (Å²) in [4.78, 5) is 28.1. The second-order valence-corrected chi connectivity index (χ2v) is 7.10. The molecule has 2 aromatic heterocycles. The van der Waals surface area contributed by atoms with Gasteiger partial charge < -0.3 is 10.6 Å². The summed E-state index contributed by atoms with van der Waals surface area (Å²) in [5.41, 5.74) is 1.51. The van der Waals surface area contributed by atoms with Crippen LogP contribution >= 0.6 is 22.9 Å². The summed E-state index contributed by atoms with van der Waals surface area (Å²) in [6.45, 7) is 0.427. The van der Waals surface area contributed by atoms with Crippen molar-refractivity contribution in [3.63, 3.8) is 0 Å². The highest BCUT2D eigenvalue weighted by molar-refractivity contribution is 7.13. The molecule has 3 rings (SSSR count). The molecular weight excluding hydrogens is 386 g/mol. The van der Waals surface area contributed by atoms with Crippen molar-refractivity contribution in [1.82, 2.24) is 20.5 Å². The lowest BCUT2D eigenvalue weighted by Gasteiger charge is -2.03. The van der Waals surface area contributed by atoms with Crippen LogP contribution in [0.1, 0.15) is 26.8 Å². The molecule has 7 nitrogen and oxygen atoms in total. The average Bonchev–Trinajstić information content (AvgIpc) is 3.15. The fourth-order valence-electron chi connectivity index (χ4n) is 2.21. The van der Waals surface area contributed by atoms with Crippen molar-refractivity contribution in [3.8, 4) is 0 Å². The van der Waals surface area contributed by atoms with E-state index < -0.39 is 0 Å². The van der Waals surface area contributed by atoms with Crippen molar-refractivity contribution in [2.45, 2.75) is 19.4 Å². The Morgan fingerprint density at radius 2 is 2.04 bits per heavy atom. The molecule has 0 fully saturated rings. The molecule has 138 valence electrons. The first kappa shape index (κ1) is 18.9. The molecule has 2 amide bonds. The van der Waals surface area contributed by atoms with E-state index >= 15 is 0 Å². The average molecular weight is 402 g/mol. The Hall–Kier alpha value is -2.84. The van der Waals surface area contributed by atoms with Gasteiger partial charge in [-0.05, 0) is 29.8 Å². The summed E-state index contributed by atoms with van der Waals surface area (Å²) < 4.78 is 0. The van der Waals surface area contributed by atoms with Gasteiger partial charge in [0.25, 0.3) is 5.91 Å². The van der Waals surface area contributed by atoms with Gasteiger partial charge in [-0.2, -0.15) is 0 Å². The first-order valence-electron chi connectivity index (χ1n) is 8.15. The smallest absolute Gasteiger partial charge is 0.286 e. The van der Waals surface area contributed by atoms with Crippen LogP contribution < -0.4 is 10.6 Å². The zero-order valence-electron chi connectivity index (χ0n) is 14.2. The van der Waals surface area contributed by atoms with Crippen LogP contribution in [-0.4, -0.2) is 27.0 Å². The number of aromatic nitrogens is 3. The Kier molecular flexibility index (Phi) is 6.45. The van der Waals surface area contributed by atoms with Gasteiger partial charge in [-0.1, -0.05) is 35.1 Å². The number of hydrogen-bond acceptors (Lipinski definition) is 6. The van der Waals surface area contributed by atoms with E-state index in [1.165, 1.54) is 0 Å². The maximum atomic E-state index is 12.2. The van der Waals surface area contributed by atoms with Gasteiger partial charge in [-0.25, -0.2) is 0 Å². The van der Waals surface area contributed by atoms with Crippen molar-refractivity contribution < 1.29 is 9.59 Å². The highest BCUT2D eigenvalue weighted by Gasteiger charge is 2.14. The van der Waals surface area contributed by atoms with Crippen LogP contribution in [0, 0.1) is 0 Å². The monoisotopic (exact) mass is 401 g/mol. The van der Waals surface area contributed by atoms with Crippen LogP contribution in [0.25, 0.3) is 0 Å². The highest BCUT2D eigenvalue weighted by atomic mass is 35.5. The zero-order chi connectivity index (χ0) is 19.1. The van der Waals surface area contributed by atoms with E-state index in [0.29, 0.717) is 28.7 Å². The molecule has 0 atom stereocenters. The van der Waals surface area contributed by atoms with E-state index in [1.807, 2.05) is 12.1 Å². The van der Waals surface area contributed by atoms with E-state index in [4.69, 9.17) is 11.6 Å². The quantitative estimate of drug-likeness (QED) is 0.634. The molecule has 3 aromatic rings. The molecular formula is C18H16ClN5O2S. The number of pyridine rings is 1. The molecule has 27 heavy (non-hydrogen) atoms. The second kappa shape index (κ2) is 9.20. The topological polar surface area (TPSA) is 96.9 Å². The van der Waals surface area contributed by atoms with Crippen LogP contribution in [0.3, 0.4) is 0 Å². The fraction of sp³-hybridized carbons (Fsp3) is 0.167. The second-order valence-electron chi connectivity index (χ2n) is 5.60. The van der Waals surface area contributed by atoms with Crippen LogP contribution in [0.15, 0.2) is 48.8 Å². The number of nitrogens with zero attached hydrogens (tertiary/aromatic N) is 3. The third-order valence-corrected chi connectivity index (χ3v) is 4.74. The predicted octanol–water partition coefficient (Wildman–Crippen LogP) is 3.09. The molecule has 1 aromatic carbocycles. The van der Waals surface area contributed by atoms with Gasteiger partial charge in [0.15, 0.2) is 0 Å². The SMILES string of the molecule is O=C(CCc1nnc(C(=O)Nc2cccc(Cl)c2)s1)NCc1cccnc1. The van der Waals surface area contributed by atoms with Gasteiger partial charge in [-0.15, -0.1) is 10.2 Å². The molecule has 0 aliphatic rings. The van der Waals surface area contributed by atoms with Crippen molar-refractivity contribution in [1.29, 1.82) is 0 Å². The summed E-state index contributed by atoms with van der Waals surface area (Å²) in [5, 5.41) is 14.8. The Labute approximate surface area is 164 Å². The molecule has 0 aliphatic carbocycles. The van der Waals surface area contributed by atoms with Crippen LogP contribution in [0.4, 0.5) is 5.69 Å². The molecule has 0 saturated carbocycles. The van der Waals surface area contributed by atoms with Crippen molar-refractivity contribution in [2.24, 2.45) is 0 Å². The zero-order valence-corrected chi connectivity index (χ0v) is 15.8. The van der Waals surface area contributed by atoms with Gasteiger partial charge in [-0.3, -0.25) is 14.6 Å². The number of halogens is 1. The number of rotatable bonds is 7. The summed E-state index contributed by atoms with van der Waals surface area (Å²) in [6, 6.07) is 10.6. The van der Waals surface area contributed by atoms with Gasteiger partial charge in [0, 0.05) is 42.5 Å². The molecule has 0 bridgehead atoms. The lowest BCUT2D eigenvalue weighted by Crippen LogP contribution is -2.23. The third kappa shape index (κ3) is 5.83. The molecule has 0 saturated heterocycles. The Bertz CT molecular complexity index is 932. The first-order chi connectivity index (χ1) is 13.1. The minimum atomic E-state index is -0.359. The van der Waals surface area contributed by atoms with Crippen LogP contribution in [0.5, 0.6) is 0 Å². The standard InChI is InChI=1S/C18H16ClN5O2S/c19-13-4-1-5-14(9-13)22-17(26)18-24-23-16(27-18)7-6-15(25)21-11-12-3-2-8-20-10-12/h1-5,8-10H,6-7,11H2,(H,21,25)(H,22,26). The molecule has 0 spiro atoms. The summed E-state index contributed by atoms with van der Waals surface area (Å²) in [6.07, 6.45) is 4.07. The number of benzene rings is 1. The minimum absolute atomic E-state index is 0.0982. The molecule has 0 aliphatic heterocycles. The number of anilines is 1. The van der Waals surface area contributed by atoms with E-state index in [1.54, 1.807) is 36.7 Å². The van der Waals surface area contributed by atoms with E-state index in [2.05, 4.69) is 25.8 Å². The molecule has 9 heteroatoms. The predicted molar refractivity (Wildman–Crippen MR) is 104 cm³/mol. The number of aryl methyl sites for hydroxylation is 1. The first-order valence-corrected chi connectivity index (χ1v) is 9.34. The number of carbonyl (C=O) groups excluding carboxylic acids is 2. The number of carbonyl (C=O) groups is 2. The van der Waals surface area contributed by atoms with Crippen molar-refractivity contribution >= 4 is 40.4 Å². The molecule has 0 unspecified atom stereocenters. The number of amides is 2. The molecule has 2 heterocycles. The maximum Gasteiger partial charge on any atom is 0.286 e. The van der Waals surface area contributed by atoms with E-state index in [9.17, 15) is 9.59 Å². The Morgan fingerprint density at radius 1 is 1.15 bits per heavy atom. The molecule has 0 radical (unpaired) electrons. The molecule has 2 N–H and O–H groups in total. The number of hydrogen-bond donors (Lipinski definition) is 2. The lowest BCUT2D eigenvalue weighted by atomic mass is 10.2. The number of nitrogens with one attached hydrogen (secondary N) is 2. The summed E-state index contributed by atoms with van der Waals surface area (Å²) in [7, 11) is 0. The van der Waals surface area contributed by atoms with Crippen LogP contribution in [-0.2, 0) is 17.8 Å². The van der Waals surface area contributed by atoms with Gasteiger partial charge in [0.05, 0.1) is 0 Å². The minimum Gasteiger partial charge on any atom is -0.352 e. The fourth-order valence-corrected chi connectivity index (χ4v) is 3.13. The highest BCUT2D eigenvalue weighted by Crippen LogP contribution is 2.17. The Morgan fingerprint density at radius 3 is 2.81 bits per heavy atom. The van der Waals surface area contributed by atoms with E-state index in [0.717, 1.165) is 16.9 Å². The summed E-state index contributed by atoms with van der Waals surface area (Å²) in [5.74, 6) is -0.457. The van der Waals surface area contributed by atoms with Gasteiger partial charge >= 0.3 is 0 Å². The largest absolute Gasteiger partial charge is 0.352 e. The lowest BCUT2D eigenvalue weighted by molar-refractivity contribution is -0.121. The summed E-state index contributed by atoms with van der Waals surface area (Å²) >= 11 is 7.06.